The molecular formula is C15H24N2O6. The van der Waals surface area contributed by atoms with E-state index in [4.69, 9.17) is 14.2 Å². The predicted molar refractivity (Wildman–Crippen MR) is 82.3 cm³/mol. The summed E-state index contributed by atoms with van der Waals surface area (Å²) in [6, 6.07) is 0. The smallest absolute Gasteiger partial charge is 0.330 e. The Labute approximate surface area is 134 Å². The quantitative estimate of drug-likeness (QED) is 0.738. The lowest BCUT2D eigenvalue weighted by atomic mass is 10.2. The van der Waals surface area contributed by atoms with Crippen LogP contribution in [0.3, 0.4) is 0 Å². The number of nitrogens with one attached hydrogen (secondary N) is 1. The van der Waals surface area contributed by atoms with Gasteiger partial charge in [-0.25, -0.2) is 4.79 Å². The predicted octanol–water partition coefficient (Wildman–Crippen LogP) is 0.147. The first-order valence-corrected chi connectivity index (χ1v) is 7.75. The topological polar surface area (TPSA) is 103 Å². The molecule has 1 aromatic rings. The van der Waals surface area contributed by atoms with Crippen LogP contribution >= 0.6 is 0 Å². The molecule has 1 aromatic heterocycles. The van der Waals surface area contributed by atoms with Crippen LogP contribution in [0, 0.1) is 0 Å². The van der Waals surface area contributed by atoms with Gasteiger partial charge in [0.05, 0.1) is 31.0 Å². The second kappa shape index (κ2) is 7.87. The van der Waals surface area contributed by atoms with E-state index in [0.717, 1.165) is 6.42 Å². The molecule has 2 heterocycles. The number of hydrogen-bond acceptors (Lipinski definition) is 6. The molecule has 4 atom stereocenters. The lowest BCUT2D eigenvalue weighted by Gasteiger charge is -2.16. The fourth-order valence-electron chi connectivity index (χ4n) is 2.48. The summed E-state index contributed by atoms with van der Waals surface area (Å²) >= 11 is 0. The highest BCUT2D eigenvalue weighted by atomic mass is 16.6. The summed E-state index contributed by atoms with van der Waals surface area (Å²) in [6.07, 6.45) is 1.34. The van der Waals surface area contributed by atoms with Gasteiger partial charge in [0.1, 0.15) is 12.3 Å². The van der Waals surface area contributed by atoms with Crippen LogP contribution in [0.1, 0.15) is 38.5 Å². The van der Waals surface area contributed by atoms with Crippen molar-refractivity contribution >= 4 is 0 Å². The van der Waals surface area contributed by atoms with Crippen LogP contribution in [-0.4, -0.2) is 46.7 Å². The minimum absolute atomic E-state index is 0.0224. The van der Waals surface area contributed by atoms with Crippen molar-refractivity contribution in [1.82, 2.24) is 9.55 Å². The van der Waals surface area contributed by atoms with Crippen molar-refractivity contribution in [3.05, 3.63) is 32.6 Å². The summed E-state index contributed by atoms with van der Waals surface area (Å²) in [4.78, 5) is 26.2. The van der Waals surface area contributed by atoms with Crippen LogP contribution in [0.2, 0.25) is 0 Å². The average Bonchev–Trinajstić information content (AvgIpc) is 2.96. The number of aromatic nitrogens is 2. The van der Waals surface area contributed by atoms with Crippen LogP contribution < -0.4 is 11.2 Å². The van der Waals surface area contributed by atoms with Crippen molar-refractivity contribution in [1.29, 1.82) is 0 Å². The Balaban J connectivity index is 2.22. The van der Waals surface area contributed by atoms with E-state index in [-0.39, 0.29) is 25.4 Å². The number of nitrogens with zero attached hydrogens (tertiary/aromatic N) is 1. The molecule has 0 spiro atoms. The molecule has 1 saturated heterocycles. The number of aromatic amines is 1. The molecule has 23 heavy (non-hydrogen) atoms. The molecule has 1 aliphatic rings. The number of methoxy groups -OCH3 is 1. The zero-order chi connectivity index (χ0) is 17.0. The van der Waals surface area contributed by atoms with Crippen LogP contribution in [0.15, 0.2) is 15.8 Å². The van der Waals surface area contributed by atoms with E-state index in [1.165, 1.54) is 17.9 Å². The van der Waals surface area contributed by atoms with E-state index in [2.05, 4.69) is 4.98 Å². The summed E-state index contributed by atoms with van der Waals surface area (Å²) in [5, 5.41) is 9.30. The van der Waals surface area contributed by atoms with Crippen molar-refractivity contribution < 1.29 is 19.3 Å². The average molecular weight is 328 g/mol. The third-order valence-electron chi connectivity index (χ3n) is 4.11. The molecule has 2 N–H and O–H groups in total. The van der Waals surface area contributed by atoms with Crippen LogP contribution in [0.4, 0.5) is 0 Å². The number of ether oxygens (including phenoxy) is 3. The minimum Gasteiger partial charge on any atom is -0.394 e. The number of rotatable bonds is 7. The lowest BCUT2D eigenvalue weighted by Crippen LogP contribution is -2.34. The van der Waals surface area contributed by atoms with Gasteiger partial charge in [-0.2, -0.15) is 0 Å². The van der Waals surface area contributed by atoms with Crippen LogP contribution in [-0.2, 0) is 20.8 Å². The number of aliphatic hydroxyl groups excluding tert-OH is 1. The molecule has 0 aliphatic carbocycles. The van der Waals surface area contributed by atoms with Gasteiger partial charge < -0.3 is 19.3 Å². The molecule has 0 amide bonds. The van der Waals surface area contributed by atoms with Gasteiger partial charge in [0.2, 0.25) is 0 Å². The highest BCUT2D eigenvalue weighted by Crippen LogP contribution is 2.29. The van der Waals surface area contributed by atoms with E-state index in [0.29, 0.717) is 12.0 Å². The Morgan fingerprint density at radius 1 is 1.52 bits per heavy atom. The van der Waals surface area contributed by atoms with E-state index in [1.807, 2.05) is 13.8 Å². The standard InChI is InChI=1S/C15H24N2O6/c1-4-9(2)22-8-10-6-17(15(20)16-14(10)19)13-5-11(21-3)12(7-18)23-13/h6,9,11-13,18H,4-5,7-8H2,1-3H3,(H,16,19,20)/t9?,11-,12-,13-/m1/s1. The monoisotopic (exact) mass is 328 g/mol. The second-order valence-electron chi connectivity index (χ2n) is 5.67. The van der Waals surface area contributed by atoms with Gasteiger partial charge in [0, 0.05) is 19.7 Å². The first kappa shape index (κ1) is 17.9. The molecular weight excluding hydrogens is 304 g/mol. The molecule has 1 unspecified atom stereocenters. The van der Waals surface area contributed by atoms with Crippen LogP contribution in [0.5, 0.6) is 0 Å². The molecule has 1 aliphatic heterocycles. The molecule has 8 nitrogen and oxygen atoms in total. The molecule has 0 radical (unpaired) electrons. The van der Waals surface area contributed by atoms with Gasteiger partial charge in [-0.1, -0.05) is 6.92 Å². The second-order valence-corrected chi connectivity index (χ2v) is 5.67. The maximum atomic E-state index is 12.0. The summed E-state index contributed by atoms with van der Waals surface area (Å²) in [5.74, 6) is 0. The summed E-state index contributed by atoms with van der Waals surface area (Å²) in [6.45, 7) is 3.83. The Bertz CT molecular complexity index is 613. The van der Waals surface area contributed by atoms with Gasteiger partial charge in [-0.05, 0) is 13.3 Å². The summed E-state index contributed by atoms with van der Waals surface area (Å²) in [7, 11) is 1.53. The Morgan fingerprint density at radius 2 is 2.26 bits per heavy atom. The summed E-state index contributed by atoms with van der Waals surface area (Å²) < 4.78 is 17.8. The highest BCUT2D eigenvalue weighted by Gasteiger charge is 2.36. The molecule has 2 rings (SSSR count). The normalized spacial score (nSPS) is 25.7. The third-order valence-corrected chi connectivity index (χ3v) is 4.11. The highest BCUT2D eigenvalue weighted by molar-refractivity contribution is 5.04. The van der Waals surface area contributed by atoms with Gasteiger partial charge in [-0.15, -0.1) is 0 Å². The van der Waals surface area contributed by atoms with Gasteiger partial charge in [0.15, 0.2) is 0 Å². The number of H-pyrrole nitrogens is 1. The Hall–Kier alpha value is -1.48. The molecule has 8 heteroatoms. The molecule has 130 valence electrons. The largest absolute Gasteiger partial charge is 0.394 e. The fourth-order valence-corrected chi connectivity index (χ4v) is 2.48. The fraction of sp³-hybridized carbons (Fsp3) is 0.733. The summed E-state index contributed by atoms with van der Waals surface area (Å²) in [5.41, 5.74) is -0.662. The first-order chi connectivity index (χ1) is 11.0. The zero-order valence-electron chi connectivity index (χ0n) is 13.7. The minimum atomic E-state index is -0.594. The van der Waals surface area contributed by atoms with E-state index < -0.39 is 23.6 Å². The number of aliphatic hydroxyl groups is 1. The molecule has 1 fully saturated rings. The van der Waals surface area contributed by atoms with E-state index >= 15 is 0 Å². The molecule has 0 aromatic carbocycles. The van der Waals surface area contributed by atoms with Crippen molar-refractivity contribution in [2.24, 2.45) is 0 Å². The van der Waals surface area contributed by atoms with Gasteiger partial charge in [0.25, 0.3) is 5.56 Å². The van der Waals surface area contributed by atoms with E-state index in [1.54, 1.807) is 0 Å². The van der Waals surface area contributed by atoms with Crippen molar-refractivity contribution in [3.8, 4) is 0 Å². The zero-order valence-corrected chi connectivity index (χ0v) is 13.7. The van der Waals surface area contributed by atoms with Gasteiger partial charge in [-0.3, -0.25) is 14.3 Å². The molecule has 0 saturated carbocycles. The number of hydrogen-bond donors (Lipinski definition) is 2. The Morgan fingerprint density at radius 3 is 2.83 bits per heavy atom. The maximum absolute atomic E-state index is 12.0. The maximum Gasteiger partial charge on any atom is 0.330 e. The SMILES string of the molecule is CCC(C)OCc1cn([C@H]2C[C@@H](OC)[C@@H](CO)O2)c(=O)[nH]c1=O. The van der Waals surface area contributed by atoms with Gasteiger partial charge >= 0.3 is 5.69 Å². The Kier molecular flexibility index (Phi) is 6.11. The van der Waals surface area contributed by atoms with Crippen molar-refractivity contribution in [3.63, 3.8) is 0 Å². The first-order valence-electron chi connectivity index (χ1n) is 7.75. The van der Waals surface area contributed by atoms with Crippen LogP contribution in [0.25, 0.3) is 0 Å². The van der Waals surface area contributed by atoms with E-state index in [9.17, 15) is 14.7 Å². The lowest BCUT2D eigenvalue weighted by molar-refractivity contribution is -0.0537. The van der Waals surface area contributed by atoms with Crippen molar-refractivity contribution in [2.75, 3.05) is 13.7 Å². The third kappa shape index (κ3) is 4.08. The molecule has 0 bridgehead atoms. The van der Waals surface area contributed by atoms with Crippen molar-refractivity contribution in [2.45, 2.75) is 57.8 Å².